The van der Waals surface area contributed by atoms with Crippen molar-refractivity contribution in [3.63, 3.8) is 0 Å². The molecule has 1 rings (SSSR count). The topological polar surface area (TPSA) is 66.0 Å². The van der Waals surface area contributed by atoms with Gasteiger partial charge >= 0.3 is 0 Å². The molecule has 1 unspecified atom stereocenters. The summed E-state index contributed by atoms with van der Waals surface area (Å²) in [7, 11) is 4.97. The van der Waals surface area contributed by atoms with Crippen LogP contribution >= 0.6 is 0 Å². The summed E-state index contributed by atoms with van der Waals surface area (Å²) < 4.78 is 18.4. The Balaban J connectivity index is 2.66. The lowest BCUT2D eigenvalue weighted by atomic mass is 10.1. The van der Waals surface area contributed by atoms with Gasteiger partial charge in [-0.3, -0.25) is 4.79 Å². The predicted molar refractivity (Wildman–Crippen MR) is 88.8 cm³/mol. The van der Waals surface area contributed by atoms with Gasteiger partial charge in [0.1, 0.15) is 12.4 Å². The molecule has 0 aliphatic carbocycles. The number of hydrogen-bond donors (Lipinski definition) is 2. The molecule has 0 fully saturated rings. The molecule has 0 aliphatic rings. The molecule has 0 spiro atoms. The number of nitrogens with zero attached hydrogens (tertiary/aromatic N) is 2. The van der Waals surface area contributed by atoms with E-state index in [0.717, 1.165) is 5.56 Å². The number of carbonyl (C=O) groups excluding carboxylic acids is 1. The number of aliphatic imine (C=N–C) groups is 1. The molecule has 23 heavy (non-hydrogen) atoms. The summed E-state index contributed by atoms with van der Waals surface area (Å²) in [5, 5.41) is 6.20. The van der Waals surface area contributed by atoms with Crippen LogP contribution in [0, 0.1) is 5.82 Å². The summed E-state index contributed by atoms with van der Waals surface area (Å²) in [4.78, 5) is 17.3. The van der Waals surface area contributed by atoms with Gasteiger partial charge in [0.05, 0.1) is 6.10 Å². The summed E-state index contributed by atoms with van der Waals surface area (Å²) in [5.74, 6) is 0.171. The Hall–Kier alpha value is -2.15. The molecule has 0 radical (unpaired) electrons. The first-order valence-electron chi connectivity index (χ1n) is 7.48. The van der Waals surface area contributed by atoms with E-state index >= 15 is 0 Å². The minimum Gasteiger partial charge on any atom is -0.375 e. The lowest BCUT2D eigenvalue weighted by molar-refractivity contribution is -0.127. The number of likely N-dealkylation sites (N-methyl/N-ethyl adjacent to an activating group) is 1. The van der Waals surface area contributed by atoms with Gasteiger partial charge in [0.15, 0.2) is 5.96 Å². The Morgan fingerprint density at radius 2 is 1.96 bits per heavy atom. The molecule has 1 amide bonds. The molecule has 0 heterocycles. The Morgan fingerprint density at radius 1 is 1.30 bits per heavy atom. The highest BCUT2D eigenvalue weighted by Gasteiger charge is 2.12. The van der Waals surface area contributed by atoms with Crippen LogP contribution in [-0.4, -0.2) is 57.6 Å². The number of carbonyl (C=O) groups is 1. The highest BCUT2D eigenvalue weighted by Crippen LogP contribution is 2.15. The first kappa shape index (κ1) is 18.9. The van der Waals surface area contributed by atoms with Crippen LogP contribution in [0.4, 0.5) is 4.39 Å². The van der Waals surface area contributed by atoms with Gasteiger partial charge in [0, 0.05) is 34.3 Å². The number of ether oxygens (including phenoxy) is 1. The molecule has 1 aromatic carbocycles. The predicted octanol–water partition coefficient (Wildman–Crippen LogP) is 1.16. The number of rotatable bonds is 7. The van der Waals surface area contributed by atoms with Crippen molar-refractivity contribution in [3.05, 3.63) is 35.6 Å². The summed E-state index contributed by atoms with van der Waals surface area (Å²) in [6, 6.07) is 6.17. The molecule has 6 nitrogen and oxygen atoms in total. The third kappa shape index (κ3) is 6.65. The van der Waals surface area contributed by atoms with Crippen LogP contribution in [0.5, 0.6) is 0 Å². The fraction of sp³-hybridized carbons (Fsp3) is 0.500. The van der Waals surface area contributed by atoms with E-state index in [1.807, 2.05) is 6.92 Å². The molecule has 2 N–H and O–H groups in total. The summed E-state index contributed by atoms with van der Waals surface area (Å²) in [6.45, 7) is 3.13. The molecule has 1 atom stereocenters. The average Bonchev–Trinajstić information content (AvgIpc) is 2.54. The largest absolute Gasteiger partial charge is 0.375 e. The summed E-state index contributed by atoms with van der Waals surface area (Å²) in [6.07, 6.45) is -0.246. The number of hydrogen-bond acceptors (Lipinski definition) is 3. The van der Waals surface area contributed by atoms with E-state index in [2.05, 4.69) is 15.6 Å². The van der Waals surface area contributed by atoms with E-state index in [9.17, 15) is 9.18 Å². The monoisotopic (exact) mass is 324 g/mol. The molecule has 0 aromatic heterocycles. The van der Waals surface area contributed by atoms with E-state index in [-0.39, 0.29) is 24.4 Å². The van der Waals surface area contributed by atoms with Crippen molar-refractivity contribution >= 4 is 11.9 Å². The van der Waals surface area contributed by atoms with Gasteiger partial charge in [0.25, 0.3) is 0 Å². The second-order valence-electron chi connectivity index (χ2n) is 5.14. The third-order valence-corrected chi connectivity index (χ3v) is 3.20. The van der Waals surface area contributed by atoms with Gasteiger partial charge < -0.3 is 20.3 Å². The summed E-state index contributed by atoms with van der Waals surface area (Å²) in [5.41, 5.74) is 0.863. The highest BCUT2D eigenvalue weighted by atomic mass is 19.1. The second kappa shape index (κ2) is 9.78. The van der Waals surface area contributed by atoms with E-state index in [0.29, 0.717) is 19.0 Å². The number of guanidine groups is 1. The van der Waals surface area contributed by atoms with Crippen molar-refractivity contribution in [2.45, 2.75) is 13.0 Å². The van der Waals surface area contributed by atoms with Gasteiger partial charge in [-0.2, -0.15) is 0 Å². The highest BCUT2D eigenvalue weighted by molar-refractivity contribution is 5.84. The molecule has 0 saturated carbocycles. The third-order valence-electron chi connectivity index (χ3n) is 3.20. The SMILES string of the molecule is CCNC(=NCC(=O)N(C)C)NCC(OC)c1ccc(F)cc1. The Bertz CT molecular complexity index is 517. The van der Waals surface area contributed by atoms with Gasteiger partial charge in [-0.1, -0.05) is 12.1 Å². The van der Waals surface area contributed by atoms with Crippen molar-refractivity contribution < 1.29 is 13.9 Å². The van der Waals surface area contributed by atoms with E-state index in [4.69, 9.17) is 4.74 Å². The van der Waals surface area contributed by atoms with Crippen molar-refractivity contribution in [2.75, 3.05) is 40.8 Å². The van der Waals surface area contributed by atoms with Crippen LogP contribution in [0.15, 0.2) is 29.3 Å². The van der Waals surface area contributed by atoms with Crippen molar-refractivity contribution in [1.82, 2.24) is 15.5 Å². The zero-order valence-electron chi connectivity index (χ0n) is 14.1. The fourth-order valence-corrected chi connectivity index (χ4v) is 1.83. The van der Waals surface area contributed by atoms with Crippen molar-refractivity contribution in [2.24, 2.45) is 4.99 Å². The second-order valence-corrected chi connectivity index (χ2v) is 5.14. The van der Waals surface area contributed by atoms with E-state index in [1.165, 1.54) is 17.0 Å². The van der Waals surface area contributed by atoms with Gasteiger partial charge in [-0.25, -0.2) is 9.38 Å². The number of methoxy groups -OCH3 is 1. The standard InChI is InChI=1S/C16H25FN4O2/c1-5-18-16(20-11-15(22)21(2)3)19-10-14(23-4)12-6-8-13(17)9-7-12/h6-9,14H,5,10-11H2,1-4H3,(H2,18,19,20). The summed E-state index contributed by atoms with van der Waals surface area (Å²) >= 11 is 0. The Labute approximate surface area is 136 Å². The lowest BCUT2D eigenvalue weighted by Crippen LogP contribution is -2.40. The molecule has 7 heteroatoms. The number of benzene rings is 1. The Morgan fingerprint density at radius 3 is 2.48 bits per heavy atom. The molecule has 128 valence electrons. The first-order valence-corrected chi connectivity index (χ1v) is 7.48. The van der Waals surface area contributed by atoms with Crippen LogP contribution in [0.25, 0.3) is 0 Å². The average molecular weight is 324 g/mol. The molecule has 1 aromatic rings. The molecule has 0 bridgehead atoms. The zero-order valence-corrected chi connectivity index (χ0v) is 14.1. The van der Waals surface area contributed by atoms with Crippen molar-refractivity contribution in [3.8, 4) is 0 Å². The fourth-order valence-electron chi connectivity index (χ4n) is 1.83. The van der Waals surface area contributed by atoms with E-state index in [1.54, 1.807) is 33.3 Å². The molecular weight excluding hydrogens is 299 g/mol. The van der Waals surface area contributed by atoms with Crippen LogP contribution < -0.4 is 10.6 Å². The first-order chi connectivity index (χ1) is 11.0. The lowest BCUT2D eigenvalue weighted by Gasteiger charge is -2.19. The minimum atomic E-state index is -0.284. The number of amides is 1. The maximum Gasteiger partial charge on any atom is 0.243 e. The maximum absolute atomic E-state index is 13.0. The number of nitrogens with one attached hydrogen (secondary N) is 2. The molecular formula is C16H25FN4O2. The van der Waals surface area contributed by atoms with Crippen molar-refractivity contribution in [1.29, 1.82) is 0 Å². The number of halogens is 1. The Kier molecular flexibility index (Phi) is 8.04. The zero-order chi connectivity index (χ0) is 17.2. The van der Waals surface area contributed by atoms with E-state index < -0.39 is 0 Å². The minimum absolute atomic E-state index is 0.0660. The normalized spacial score (nSPS) is 12.7. The maximum atomic E-state index is 13.0. The molecule has 0 aliphatic heterocycles. The van der Waals surface area contributed by atoms with Gasteiger partial charge in [0.2, 0.25) is 5.91 Å². The van der Waals surface area contributed by atoms with Crippen LogP contribution in [0.1, 0.15) is 18.6 Å². The van der Waals surface area contributed by atoms with Crippen LogP contribution in [0.3, 0.4) is 0 Å². The smallest absolute Gasteiger partial charge is 0.243 e. The van der Waals surface area contributed by atoms with Gasteiger partial charge in [-0.05, 0) is 24.6 Å². The van der Waals surface area contributed by atoms with Crippen LogP contribution in [0.2, 0.25) is 0 Å². The van der Waals surface area contributed by atoms with Crippen LogP contribution in [-0.2, 0) is 9.53 Å². The van der Waals surface area contributed by atoms with Gasteiger partial charge in [-0.15, -0.1) is 0 Å². The quantitative estimate of drug-likeness (QED) is 0.583. The molecule has 0 saturated heterocycles.